The third-order valence-corrected chi connectivity index (χ3v) is 6.54. The Balaban J connectivity index is 1.29. The molecule has 5 nitrogen and oxygen atoms in total. The number of benzene rings is 3. The fourth-order valence-corrected chi connectivity index (χ4v) is 4.42. The number of ether oxygens (including phenoxy) is 1. The number of carbonyl (C=O) groups excluding carboxylic acids is 1. The maximum absolute atomic E-state index is 13.7. The van der Waals surface area contributed by atoms with E-state index in [1.165, 1.54) is 6.07 Å². The van der Waals surface area contributed by atoms with Gasteiger partial charge in [-0.25, -0.2) is 9.18 Å². The molecule has 0 heterocycles. The standard InChI is InChI=1S/C25H22Cl2FNO4/c26-20-11-14(12-21(28)23(20)27)24(31)22(30)9-10-29-25(32)33-13-19-17-7-3-1-5-15(17)16-6-2-4-8-18(16)19/h1-8,11-12,19,22,24,30-31H,9-10,13H2,(H,29,32). The quantitative estimate of drug-likeness (QED) is 0.385. The van der Waals surface area contributed by atoms with E-state index in [1.54, 1.807) is 0 Å². The minimum atomic E-state index is -1.39. The molecular weight excluding hydrogens is 468 g/mol. The summed E-state index contributed by atoms with van der Waals surface area (Å²) in [5.74, 6) is -0.845. The lowest BCUT2D eigenvalue weighted by Crippen LogP contribution is -2.30. The molecule has 8 heteroatoms. The van der Waals surface area contributed by atoms with Gasteiger partial charge in [-0.15, -0.1) is 0 Å². The summed E-state index contributed by atoms with van der Waals surface area (Å²) in [6.45, 7) is 0.228. The third kappa shape index (κ3) is 4.99. The maximum Gasteiger partial charge on any atom is 0.407 e. The lowest BCUT2D eigenvalue weighted by atomic mass is 9.98. The Hall–Kier alpha value is -2.64. The van der Waals surface area contributed by atoms with E-state index in [2.05, 4.69) is 17.4 Å². The molecule has 3 N–H and O–H groups in total. The van der Waals surface area contributed by atoms with Gasteiger partial charge in [0.1, 0.15) is 18.5 Å². The van der Waals surface area contributed by atoms with Gasteiger partial charge in [0.05, 0.1) is 16.1 Å². The minimum Gasteiger partial charge on any atom is -0.449 e. The summed E-state index contributed by atoms with van der Waals surface area (Å²) in [5, 5.41) is 22.7. The number of hydrogen-bond donors (Lipinski definition) is 3. The first-order valence-electron chi connectivity index (χ1n) is 10.5. The number of alkyl carbamates (subject to hydrolysis) is 1. The second kappa shape index (κ2) is 10.1. The number of aliphatic hydroxyl groups excluding tert-OH is 2. The average molecular weight is 490 g/mol. The zero-order valence-electron chi connectivity index (χ0n) is 17.5. The number of aliphatic hydroxyl groups is 2. The number of fused-ring (bicyclic) bond motifs is 3. The van der Waals surface area contributed by atoms with E-state index in [4.69, 9.17) is 27.9 Å². The van der Waals surface area contributed by atoms with Crippen molar-refractivity contribution in [2.75, 3.05) is 13.2 Å². The molecule has 0 radical (unpaired) electrons. The minimum absolute atomic E-state index is 0.0211. The highest BCUT2D eigenvalue weighted by Gasteiger charge is 2.29. The van der Waals surface area contributed by atoms with Gasteiger partial charge in [0, 0.05) is 12.5 Å². The predicted octanol–water partition coefficient (Wildman–Crippen LogP) is 5.46. The van der Waals surface area contributed by atoms with E-state index >= 15 is 0 Å². The molecule has 1 aliphatic carbocycles. The number of nitrogens with one attached hydrogen (secondary N) is 1. The Morgan fingerprint density at radius 3 is 2.24 bits per heavy atom. The first-order valence-corrected chi connectivity index (χ1v) is 11.2. The van der Waals surface area contributed by atoms with Gasteiger partial charge < -0.3 is 20.3 Å². The highest BCUT2D eigenvalue weighted by Crippen LogP contribution is 2.44. The van der Waals surface area contributed by atoms with Crippen molar-refractivity contribution in [1.29, 1.82) is 0 Å². The highest BCUT2D eigenvalue weighted by molar-refractivity contribution is 6.42. The molecule has 2 atom stereocenters. The molecule has 1 amide bonds. The van der Waals surface area contributed by atoms with Gasteiger partial charge in [-0.1, -0.05) is 71.7 Å². The molecule has 33 heavy (non-hydrogen) atoms. The van der Waals surface area contributed by atoms with E-state index in [1.807, 2.05) is 36.4 Å². The van der Waals surface area contributed by atoms with Crippen LogP contribution in [0.5, 0.6) is 0 Å². The Morgan fingerprint density at radius 2 is 1.64 bits per heavy atom. The molecule has 1 aliphatic rings. The van der Waals surface area contributed by atoms with E-state index in [0.29, 0.717) is 0 Å². The van der Waals surface area contributed by atoms with Crippen LogP contribution in [0.15, 0.2) is 60.7 Å². The topological polar surface area (TPSA) is 78.8 Å². The van der Waals surface area contributed by atoms with Gasteiger partial charge in [-0.05, 0) is 46.4 Å². The van der Waals surface area contributed by atoms with Crippen LogP contribution in [0.1, 0.15) is 35.1 Å². The first-order chi connectivity index (χ1) is 15.9. The third-order valence-electron chi connectivity index (χ3n) is 5.77. The molecule has 0 aromatic heterocycles. The molecule has 3 aromatic rings. The summed E-state index contributed by atoms with van der Waals surface area (Å²) in [5.41, 5.74) is 4.59. The molecule has 0 fully saturated rings. The monoisotopic (exact) mass is 489 g/mol. The molecule has 3 aromatic carbocycles. The van der Waals surface area contributed by atoms with Crippen LogP contribution in [-0.2, 0) is 4.74 Å². The van der Waals surface area contributed by atoms with Gasteiger partial charge >= 0.3 is 6.09 Å². The number of rotatable bonds is 7. The normalized spacial score (nSPS) is 14.3. The fraction of sp³-hybridized carbons (Fsp3) is 0.240. The summed E-state index contributed by atoms with van der Waals surface area (Å²) < 4.78 is 19.2. The molecule has 2 unspecified atom stereocenters. The Kier molecular flexibility index (Phi) is 7.20. The number of hydrogen-bond acceptors (Lipinski definition) is 4. The zero-order valence-corrected chi connectivity index (χ0v) is 19.0. The van der Waals surface area contributed by atoms with Gasteiger partial charge in [0.2, 0.25) is 0 Å². The molecule has 0 saturated carbocycles. The van der Waals surface area contributed by atoms with Crippen molar-refractivity contribution in [3.8, 4) is 11.1 Å². The zero-order chi connectivity index (χ0) is 23.5. The van der Waals surface area contributed by atoms with Gasteiger partial charge in [0.25, 0.3) is 0 Å². The molecule has 172 valence electrons. The average Bonchev–Trinajstić information content (AvgIpc) is 3.14. The second-order valence-electron chi connectivity index (χ2n) is 7.85. The van der Waals surface area contributed by atoms with E-state index < -0.39 is 24.1 Å². The number of carbonyl (C=O) groups is 1. The van der Waals surface area contributed by atoms with Crippen molar-refractivity contribution in [2.24, 2.45) is 0 Å². The Labute approximate surface area is 200 Å². The van der Waals surface area contributed by atoms with Crippen LogP contribution in [0.25, 0.3) is 11.1 Å². The highest BCUT2D eigenvalue weighted by atomic mass is 35.5. The SMILES string of the molecule is O=C(NCCC(O)C(O)c1cc(F)c(Cl)c(Cl)c1)OCC1c2ccccc2-c2ccccc21. The van der Waals surface area contributed by atoms with E-state index in [0.717, 1.165) is 28.3 Å². The van der Waals surface area contributed by atoms with Crippen molar-refractivity contribution in [3.63, 3.8) is 0 Å². The van der Waals surface area contributed by atoms with Gasteiger partial charge in [-0.2, -0.15) is 0 Å². The van der Waals surface area contributed by atoms with Crippen LogP contribution in [0.2, 0.25) is 10.0 Å². The summed E-state index contributed by atoms with van der Waals surface area (Å²) in [6, 6.07) is 18.4. The second-order valence-corrected chi connectivity index (χ2v) is 8.64. The van der Waals surface area contributed by atoms with E-state index in [-0.39, 0.29) is 41.1 Å². The van der Waals surface area contributed by atoms with Crippen LogP contribution >= 0.6 is 23.2 Å². The van der Waals surface area contributed by atoms with Crippen molar-refractivity contribution in [1.82, 2.24) is 5.32 Å². The Bertz CT molecular complexity index is 1100. The lowest BCUT2D eigenvalue weighted by molar-refractivity contribution is 0.0135. The first kappa shape index (κ1) is 23.5. The predicted molar refractivity (Wildman–Crippen MR) is 125 cm³/mol. The number of halogens is 3. The summed E-state index contributed by atoms with van der Waals surface area (Å²) in [4.78, 5) is 12.2. The van der Waals surface area contributed by atoms with Gasteiger partial charge in [-0.3, -0.25) is 0 Å². The molecular formula is C25H22Cl2FNO4. The Morgan fingerprint density at radius 1 is 1.03 bits per heavy atom. The lowest BCUT2D eigenvalue weighted by Gasteiger charge is -2.19. The van der Waals surface area contributed by atoms with Crippen LogP contribution in [0.3, 0.4) is 0 Å². The molecule has 0 aliphatic heterocycles. The van der Waals surface area contributed by atoms with Crippen LogP contribution in [0, 0.1) is 5.82 Å². The van der Waals surface area contributed by atoms with Crippen molar-refractivity contribution < 1.29 is 24.1 Å². The largest absolute Gasteiger partial charge is 0.449 e. The smallest absolute Gasteiger partial charge is 0.407 e. The molecule has 0 bridgehead atoms. The van der Waals surface area contributed by atoms with Crippen molar-refractivity contribution in [3.05, 3.63) is 93.2 Å². The van der Waals surface area contributed by atoms with Crippen molar-refractivity contribution >= 4 is 29.3 Å². The maximum atomic E-state index is 13.7. The number of amides is 1. The van der Waals surface area contributed by atoms with Crippen LogP contribution in [0.4, 0.5) is 9.18 Å². The molecule has 0 saturated heterocycles. The molecule has 4 rings (SSSR count). The summed E-state index contributed by atoms with van der Waals surface area (Å²) >= 11 is 11.5. The van der Waals surface area contributed by atoms with E-state index in [9.17, 15) is 19.4 Å². The fourth-order valence-electron chi connectivity index (χ4n) is 4.10. The molecule has 0 spiro atoms. The van der Waals surface area contributed by atoms with Crippen molar-refractivity contribution in [2.45, 2.75) is 24.5 Å². The van der Waals surface area contributed by atoms with Gasteiger partial charge in [0.15, 0.2) is 0 Å². The van der Waals surface area contributed by atoms with Crippen LogP contribution in [-0.4, -0.2) is 35.6 Å². The summed E-state index contributed by atoms with van der Waals surface area (Å²) in [6.07, 6.45) is -3.25. The van der Waals surface area contributed by atoms with Crippen LogP contribution < -0.4 is 5.32 Å². The summed E-state index contributed by atoms with van der Waals surface area (Å²) in [7, 11) is 0.